The van der Waals surface area contributed by atoms with Crippen molar-refractivity contribution in [3.63, 3.8) is 0 Å². The van der Waals surface area contributed by atoms with Crippen LogP contribution >= 0.6 is 0 Å². The average Bonchev–Trinajstić information content (AvgIpc) is 3.45. The molecule has 2 fully saturated rings. The Morgan fingerprint density at radius 3 is 2.48 bits per heavy atom. The highest BCUT2D eigenvalue weighted by atomic mass is 16.4. The van der Waals surface area contributed by atoms with Gasteiger partial charge >= 0.3 is 5.97 Å². The molecule has 0 bridgehead atoms. The van der Waals surface area contributed by atoms with Crippen LogP contribution in [0.3, 0.4) is 0 Å². The van der Waals surface area contributed by atoms with Gasteiger partial charge in [-0.2, -0.15) is 0 Å². The van der Waals surface area contributed by atoms with Crippen LogP contribution in [0.2, 0.25) is 0 Å². The van der Waals surface area contributed by atoms with Gasteiger partial charge in [0.05, 0.1) is 6.54 Å². The summed E-state index contributed by atoms with van der Waals surface area (Å²) in [6.07, 6.45) is 4.15. The van der Waals surface area contributed by atoms with E-state index in [9.17, 15) is 14.7 Å². The van der Waals surface area contributed by atoms with Gasteiger partial charge in [0.15, 0.2) is 0 Å². The van der Waals surface area contributed by atoms with Gasteiger partial charge in [0.25, 0.3) is 0 Å². The maximum Gasteiger partial charge on any atom is 0.320 e. The molecule has 3 rings (SSSR count). The third-order valence-corrected chi connectivity index (χ3v) is 5.06. The van der Waals surface area contributed by atoms with Gasteiger partial charge in [0, 0.05) is 18.0 Å². The molecule has 1 atom stereocenters. The highest BCUT2D eigenvalue weighted by Crippen LogP contribution is 2.47. The second-order valence-corrected chi connectivity index (χ2v) is 6.84. The fourth-order valence-corrected chi connectivity index (χ4v) is 3.13. The molecule has 0 aromatic heterocycles. The molecule has 5 nitrogen and oxygen atoms in total. The fourth-order valence-electron chi connectivity index (χ4n) is 3.13. The van der Waals surface area contributed by atoms with E-state index in [0.29, 0.717) is 6.54 Å². The first-order valence-electron chi connectivity index (χ1n) is 8.33. The Bertz CT molecular complexity index is 579. The molecule has 2 aliphatic rings. The molecule has 5 heteroatoms. The minimum Gasteiger partial charge on any atom is -0.480 e. The number of nitrogens with one attached hydrogen (secondary N) is 1. The molecule has 2 saturated carbocycles. The topological polar surface area (TPSA) is 69.6 Å². The summed E-state index contributed by atoms with van der Waals surface area (Å²) in [5.41, 5.74) is 1.36. The van der Waals surface area contributed by atoms with Gasteiger partial charge in [-0.1, -0.05) is 30.3 Å². The summed E-state index contributed by atoms with van der Waals surface area (Å²) in [6.45, 7) is 2.46. The standard InChI is InChI=1S/C18H24N2O3/c1-13(17(22)23)20(15-7-8-15)11-16(21)19-12-18(9-10-18)14-5-3-2-4-6-14/h2-6,13,15H,7-12H2,1H3,(H,19,21)(H,22,23). The van der Waals surface area contributed by atoms with Crippen molar-refractivity contribution in [2.24, 2.45) is 0 Å². The highest BCUT2D eigenvalue weighted by molar-refractivity contribution is 5.80. The van der Waals surface area contributed by atoms with Crippen LogP contribution in [-0.2, 0) is 15.0 Å². The summed E-state index contributed by atoms with van der Waals surface area (Å²) in [5.74, 6) is -0.945. The number of carboxylic acid groups (broad SMARTS) is 1. The van der Waals surface area contributed by atoms with Crippen LogP contribution in [0.15, 0.2) is 30.3 Å². The van der Waals surface area contributed by atoms with Crippen LogP contribution < -0.4 is 5.32 Å². The number of nitrogens with zero attached hydrogens (tertiary/aromatic N) is 1. The maximum absolute atomic E-state index is 12.3. The Morgan fingerprint density at radius 2 is 1.96 bits per heavy atom. The van der Waals surface area contributed by atoms with Gasteiger partial charge in [0.2, 0.25) is 5.91 Å². The van der Waals surface area contributed by atoms with Crippen molar-refractivity contribution in [2.45, 2.75) is 50.1 Å². The Hall–Kier alpha value is -1.88. The van der Waals surface area contributed by atoms with Crippen LogP contribution in [0.25, 0.3) is 0 Å². The van der Waals surface area contributed by atoms with Crippen molar-refractivity contribution in [1.82, 2.24) is 10.2 Å². The Labute approximate surface area is 136 Å². The molecule has 1 unspecified atom stereocenters. The summed E-state index contributed by atoms with van der Waals surface area (Å²) in [6, 6.07) is 9.91. The van der Waals surface area contributed by atoms with Crippen LogP contribution in [0.1, 0.15) is 38.2 Å². The number of aliphatic carboxylic acids is 1. The van der Waals surface area contributed by atoms with Crippen molar-refractivity contribution in [3.8, 4) is 0 Å². The first-order valence-corrected chi connectivity index (χ1v) is 8.33. The molecule has 0 aliphatic heterocycles. The van der Waals surface area contributed by atoms with E-state index in [0.717, 1.165) is 25.7 Å². The lowest BCUT2D eigenvalue weighted by Gasteiger charge is -2.26. The van der Waals surface area contributed by atoms with E-state index in [1.807, 2.05) is 18.2 Å². The Balaban J connectivity index is 1.54. The van der Waals surface area contributed by atoms with E-state index in [1.165, 1.54) is 5.56 Å². The number of carbonyl (C=O) groups is 2. The molecule has 1 aromatic rings. The van der Waals surface area contributed by atoms with Gasteiger partial charge in [0.1, 0.15) is 6.04 Å². The number of carboxylic acids is 1. The molecule has 2 aliphatic carbocycles. The van der Waals surface area contributed by atoms with Crippen molar-refractivity contribution < 1.29 is 14.7 Å². The molecule has 0 radical (unpaired) electrons. The van der Waals surface area contributed by atoms with Gasteiger partial charge in [-0.15, -0.1) is 0 Å². The Kier molecular flexibility index (Phi) is 4.39. The number of carbonyl (C=O) groups excluding carboxylic acids is 1. The Morgan fingerprint density at radius 1 is 1.30 bits per heavy atom. The third-order valence-electron chi connectivity index (χ3n) is 5.06. The van der Waals surface area contributed by atoms with Gasteiger partial charge in [-0.05, 0) is 38.2 Å². The van der Waals surface area contributed by atoms with E-state index in [2.05, 4.69) is 17.4 Å². The molecule has 124 valence electrons. The van der Waals surface area contributed by atoms with E-state index >= 15 is 0 Å². The van der Waals surface area contributed by atoms with E-state index in [4.69, 9.17) is 0 Å². The molecule has 1 aromatic carbocycles. The van der Waals surface area contributed by atoms with Gasteiger partial charge in [-0.25, -0.2) is 0 Å². The smallest absolute Gasteiger partial charge is 0.320 e. The molecule has 0 heterocycles. The number of amides is 1. The molecular weight excluding hydrogens is 292 g/mol. The molecule has 0 saturated heterocycles. The van der Waals surface area contributed by atoms with E-state index in [1.54, 1.807) is 11.8 Å². The number of rotatable bonds is 8. The summed E-state index contributed by atoms with van der Waals surface area (Å²) in [4.78, 5) is 25.3. The zero-order chi connectivity index (χ0) is 16.4. The predicted molar refractivity (Wildman–Crippen MR) is 87.2 cm³/mol. The minimum absolute atomic E-state index is 0.0767. The number of benzene rings is 1. The fraction of sp³-hybridized carbons (Fsp3) is 0.556. The lowest BCUT2D eigenvalue weighted by molar-refractivity contribution is -0.143. The number of hydrogen-bond acceptors (Lipinski definition) is 3. The van der Waals surface area contributed by atoms with Crippen LogP contribution in [0.4, 0.5) is 0 Å². The summed E-state index contributed by atoms with van der Waals surface area (Å²) in [7, 11) is 0. The zero-order valence-corrected chi connectivity index (χ0v) is 13.5. The van der Waals surface area contributed by atoms with E-state index < -0.39 is 12.0 Å². The van der Waals surface area contributed by atoms with Crippen molar-refractivity contribution in [1.29, 1.82) is 0 Å². The second-order valence-electron chi connectivity index (χ2n) is 6.84. The van der Waals surface area contributed by atoms with Crippen LogP contribution in [0.5, 0.6) is 0 Å². The molecule has 2 N–H and O–H groups in total. The predicted octanol–water partition coefficient (Wildman–Crippen LogP) is 1.77. The lowest BCUT2D eigenvalue weighted by atomic mass is 9.96. The van der Waals surface area contributed by atoms with E-state index in [-0.39, 0.29) is 23.9 Å². The van der Waals surface area contributed by atoms with Crippen molar-refractivity contribution in [3.05, 3.63) is 35.9 Å². The SMILES string of the molecule is CC(C(=O)O)N(CC(=O)NCC1(c2ccccc2)CC1)C1CC1. The van der Waals surface area contributed by atoms with Gasteiger partial charge < -0.3 is 10.4 Å². The first-order chi connectivity index (χ1) is 11.0. The van der Waals surface area contributed by atoms with Crippen LogP contribution in [0, 0.1) is 0 Å². The summed E-state index contributed by atoms with van der Waals surface area (Å²) < 4.78 is 0. The molecule has 0 spiro atoms. The quantitative estimate of drug-likeness (QED) is 0.767. The van der Waals surface area contributed by atoms with Crippen molar-refractivity contribution >= 4 is 11.9 Å². The second kappa shape index (κ2) is 6.32. The normalized spacial score (nSPS) is 20.1. The molecular formula is C18H24N2O3. The average molecular weight is 316 g/mol. The van der Waals surface area contributed by atoms with Crippen molar-refractivity contribution in [2.75, 3.05) is 13.1 Å². The maximum atomic E-state index is 12.3. The van der Waals surface area contributed by atoms with Crippen LogP contribution in [-0.4, -0.2) is 47.1 Å². The third kappa shape index (κ3) is 3.72. The monoisotopic (exact) mass is 316 g/mol. The molecule has 23 heavy (non-hydrogen) atoms. The largest absolute Gasteiger partial charge is 0.480 e. The highest BCUT2D eigenvalue weighted by Gasteiger charge is 2.44. The van der Waals surface area contributed by atoms with Gasteiger partial charge in [-0.3, -0.25) is 14.5 Å². The zero-order valence-electron chi connectivity index (χ0n) is 13.5. The lowest BCUT2D eigenvalue weighted by Crippen LogP contribution is -2.47. The summed E-state index contributed by atoms with van der Waals surface area (Å²) >= 11 is 0. The summed E-state index contributed by atoms with van der Waals surface area (Å²) in [5, 5.41) is 12.2. The number of hydrogen-bond donors (Lipinski definition) is 2. The first kappa shape index (κ1) is 16.0. The molecule has 1 amide bonds. The minimum atomic E-state index is -0.868.